The molecule has 0 saturated heterocycles. The number of para-hydroxylation sites is 1. The van der Waals surface area contributed by atoms with Crippen LogP contribution in [-0.4, -0.2) is 37.3 Å². The van der Waals surface area contributed by atoms with Gasteiger partial charge in [-0.15, -0.1) is 5.10 Å². The van der Waals surface area contributed by atoms with Gasteiger partial charge in [-0.25, -0.2) is 9.97 Å². The van der Waals surface area contributed by atoms with E-state index in [-0.39, 0.29) is 18.6 Å². The van der Waals surface area contributed by atoms with E-state index < -0.39 is 0 Å². The summed E-state index contributed by atoms with van der Waals surface area (Å²) in [5.41, 5.74) is 1.73. The molecule has 0 spiro atoms. The van der Waals surface area contributed by atoms with E-state index in [0.29, 0.717) is 5.95 Å². The van der Waals surface area contributed by atoms with Gasteiger partial charge in [0, 0.05) is 24.0 Å². The van der Waals surface area contributed by atoms with Crippen LogP contribution < -0.4 is 5.32 Å². The van der Waals surface area contributed by atoms with Crippen LogP contribution in [0.4, 0.5) is 5.95 Å². The van der Waals surface area contributed by atoms with Crippen LogP contribution in [0.5, 0.6) is 0 Å². The normalized spacial score (nSPS) is 21.8. The summed E-state index contributed by atoms with van der Waals surface area (Å²) in [6, 6.07) is 8.22. The third-order valence-electron chi connectivity index (χ3n) is 4.74. The van der Waals surface area contributed by atoms with Gasteiger partial charge in [0.1, 0.15) is 5.82 Å². The molecular weight excluding hydrogens is 290 g/mol. The van der Waals surface area contributed by atoms with E-state index >= 15 is 0 Å². The van der Waals surface area contributed by atoms with Crippen LogP contribution in [0.15, 0.2) is 24.3 Å². The second-order valence-electron chi connectivity index (χ2n) is 6.32. The Bertz CT molecular complexity index is 843. The molecule has 0 unspecified atom stereocenters. The third-order valence-corrected chi connectivity index (χ3v) is 4.74. The standard InChI is InChI=1S/C17H21N5O/c1-11-18-16-13-7-3-5-9-15(13)20-17(22(16)21-11)19-14-8-4-2-6-12(14)10-23/h3,5,7,9,12,14,23H,2,4,6,8,10H2,1H3,(H,19,20)/t12-,14+/m0/s1. The third kappa shape index (κ3) is 2.53. The lowest BCUT2D eigenvalue weighted by Crippen LogP contribution is -2.35. The van der Waals surface area contributed by atoms with Crippen LogP contribution in [0.2, 0.25) is 0 Å². The van der Waals surface area contributed by atoms with E-state index in [4.69, 9.17) is 4.98 Å². The minimum Gasteiger partial charge on any atom is -0.396 e. The van der Waals surface area contributed by atoms with Crippen molar-refractivity contribution in [1.29, 1.82) is 0 Å². The van der Waals surface area contributed by atoms with Crippen molar-refractivity contribution in [2.45, 2.75) is 38.6 Å². The molecule has 23 heavy (non-hydrogen) atoms. The van der Waals surface area contributed by atoms with Crippen molar-refractivity contribution in [3.63, 3.8) is 0 Å². The van der Waals surface area contributed by atoms with Gasteiger partial charge in [0.15, 0.2) is 5.65 Å². The van der Waals surface area contributed by atoms with Crippen molar-refractivity contribution in [3.8, 4) is 0 Å². The Kier molecular flexibility index (Phi) is 3.61. The molecule has 2 heterocycles. The van der Waals surface area contributed by atoms with Crippen LogP contribution in [0.1, 0.15) is 31.5 Å². The summed E-state index contributed by atoms with van der Waals surface area (Å²) in [5, 5.41) is 18.7. The fourth-order valence-corrected chi connectivity index (χ4v) is 3.53. The molecule has 2 N–H and O–H groups in total. The van der Waals surface area contributed by atoms with Gasteiger partial charge in [0.25, 0.3) is 0 Å². The van der Waals surface area contributed by atoms with Gasteiger partial charge in [0.2, 0.25) is 5.95 Å². The number of hydrogen-bond donors (Lipinski definition) is 2. The average Bonchev–Trinajstić information content (AvgIpc) is 2.97. The van der Waals surface area contributed by atoms with Crippen LogP contribution in [-0.2, 0) is 0 Å². The second kappa shape index (κ2) is 5.77. The topological polar surface area (TPSA) is 75.3 Å². The highest BCUT2D eigenvalue weighted by Gasteiger charge is 2.26. The molecule has 1 aromatic carbocycles. The first-order valence-electron chi connectivity index (χ1n) is 8.26. The highest BCUT2D eigenvalue weighted by molar-refractivity contribution is 5.92. The Morgan fingerprint density at radius 3 is 2.91 bits per heavy atom. The first-order chi connectivity index (χ1) is 11.3. The average molecular weight is 311 g/mol. The molecule has 0 bridgehead atoms. The number of rotatable bonds is 3. The maximum absolute atomic E-state index is 9.63. The van der Waals surface area contributed by atoms with Gasteiger partial charge in [0.05, 0.1) is 5.52 Å². The summed E-state index contributed by atoms with van der Waals surface area (Å²) in [5.74, 6) is 1.72. The lowest BCUT2D eigenvalue weighted by atomic mass is 9.85. The Balaban J connectivity index is 1.81. The van der Waals surface area contributed by atoms with Gasteiger partial charge >= 0.3 is 0 Å². The number of aliphatic hydroxyl groups is 1. The van der Waals surface area contributed by atoms with Gasteiger partial charge in [-0.05, 0) is 31.9 Å². The SMILES string of the molecule is Cc1nc2c3ccccc3nc(N[C@@H]3CCCC[C@H]3CO)n2n1. The van der Waals surface area contributed by atoms with E-state index in [2.05, 4.69) is 15.4 Å². The zero-order valence-electron chi connectivity index (χ0n) is 13.2. The summed E-state index contributed by atoms with van der Waals surface area (Å²) in [6.45, 7) is 2.10. The highest BCUT2D eigenvalue weighted by atomic mass is 16.3. The Hall–Kier alpha value is -2.21. The quantitative estimate of drug-likeness (QED) is 0.777. The zero-order chi connectivity index (χ0) is 15.8. The molecule has 2 aromatic heterocycles. The van der Waals surface area contributed by atoms with Crippen molar-refractivity contribution in [2.75, 3.05) is 11.9 Å². The number of nitrogens with zero attached hydrogens (tertiary/aromatic N) is 4. The maximum Gasteiger partial charge on any atom is 0.226 e. The molecule has 1 aliphatic rings. The van der Waals surface area contributed by atoms with E-state index in [0.717, 1.165) is 35.2 Å². The van der Waals surface area contributed by atoms with Gasteiger partial charge < -0.3 is 10.4 Å². The summed E-state index contributed by atoms with van der Waals surface area (Å²) in [7, 11) is 0. The second-order valence-corrected chi connectivity index (χ2v) is 6.32. The van der Waals surface area contributed by atoms with Gasteiger partial charge in [-0.2, -0.15) is 4.52 Å². The zero-order valence-corrected chi connectivity index (χ0v) is 13.2. The number of aryl methyl sites for hydroxylation is 1. The number of nitrogens with one attached hydrogen (secondary N) is 1. The molecule has 3 aromatic rings. The first kappa shape index (κ1) is 14.4. The van der Waals surface area contributed by atoms with E-state index in [1.54, 1.807) is 4.52 Å². The van der Waals surface area contributed by atoms with Crippen molar-refractivity contribution >= 4 is 22.5 Å². The molecule has 6 nitrogen and oxygen atoms in total. The molecule has 0 radical (unpaired) electrons. The number of aliphatic hydroxyl groups excluding tert-OH is 1. The van der Waals surface area contributed by atoms with Crippen molar-refractivity contribution in [3.05, 3.63) is 30.1 Å². The van der Waals surface area contributed by atoms with Crippen molar-refractivity contribution < 1.29 is 5.11 Å². The van der Waals surface area contributed by atoms with E-state index in [9.17, 15) is 5.11 Å². The van der Waals surface area contributed by atoms with Gasteiger partial charge in [-0.3, -0.25) is 0 Å². The first-order valence-corrected chi connectivity index (χ1v) is 8.26. The number of hydrogen-bond acceptors (Lipinski definition) is 5. The molecule has 1 fully saturated rings. The molecule has 120 valence electrons. The minimum absolute atomic E-state index is 0.213. The number of benzene rings is 1. The fraction of sp³-hybridized carbons (Fsp3) is 0.471. The summed E-state index contributed by atoms with van der Waals surface area (Å²) in [4.78, 5) is 9.30. The Labute approximate surface area is 134 Å². The number of anilines is 1. The smallest absolute Gasteiger partial charge is 0.226 e. The molecule has 1 aliphatic carbocycles. The van der Waals surface area contributed by atoms with Crippen LogP contribution in [0.25, 0.3) is 16.6 Å². The molecule has 0 aliphatic heterocycles. The van der Waals surface area contributed by atoms with Crippen molar-refractivity contribution in [2.24, 2.45) is 5.92 Å². The Morgan fingerprint density at radius 2 is 2.04 bits per heavy atom. The van der Waals surface area contributed by atoms with Crippen molar-refractivity contribution in [1.82, 2.24) is 19.6 Å². The van der Waals surface area contributed by atoms with Crippen LogP contribution in [0, 0.1) is 12.8 Å². The summed E-state index contributed by atoms with van der Waals surface area (Å²) in [6.07, 6.45) is 4.48. The molecule has 4 rings (SSSR count). The fourth-order valence-electron chi connectivity index (χ4n) is 3.53. The molecule has 1 saturated carbocycles. The lowest BCUT2D eigenvalue weighted by molar-refractivity contribution is 0.177. The molecule has 0 amide bonds. The molecule has 6 heteroatoms. The summed E-state index contributed by atoms with van der Waals surface area (Å²) >= 11 is 0. The minimum atomic E-state index is 0.213. The predicted octanol–water partition coefficient (Wildman–Crippen LogP) is 2.55. The monoisotopic (exact) mass is 311 g/mol. The van der Waals surface area contributed by atoms with E-state index in [1.165, 1.54) is 12.8 Å². The van der Waals surface area contributed by atoms with E-state index in [1.807, 2.05) is 31.2 Å². The molecule has 2 atom stereocenters. The number of aromatic nitrogens is 4. The predicted molar refractivity (Wildman–Crippen MR) is 89.5 cm³/mol. The lowest BCUT2D eigenvalue weighted by Gasteiger charge is -2.31. The Morgan fingerprint density at radius 1 is 1.22 bits per heavy atom. The summed E-state index contributed by atoms with van der Waals surface area (Å²) < 4.78 is 1.79. The largest absolute Gasteiger partial charge is 0.396 e. The highest BCUT2D eigenvalue weighted by Crippen LogP contribution is 2.28. The number of fused-ring (bicyclic) bond motifs is 3. The van der Waals surface area contributed by atoms with Crippen LogP contribution in [0.3, 0.4) is 0 Å². The van der Waals surface area contributed by atoms with Gasteiger partial charge in [-0.1, -0.05) is 25.0 Å². The maximum atomic E-state index is 9.63. The molecular formula is C17H21N5O. The van der Waals surface area contributed by atoms with Crippen LogP contribution >= 0.6 is 0 Å².